The number of thiophene rings is 1. The highest BCUT2D eigenvalue weighted by molar-refractivity contribution is 7.10. The van der Waals surface area contributed by atoms with Crippen LogP contribution in [0.15, 0.2) is 48.1 Å². The van der Waals surface area contributed by atoms with Crippen molar-refractivity contribution in [2.75, 3.05) is 6.54 Å². The number of halogens is 1. The van der Waals surface area contributed by atoms with E-state index < -0.39 is 0 Å². The van der Waals surface area contributed by atoms with Gasteiger partial charge in [0, 0.05) is 22.7 Å². The molecule has 2 heterocycles. The first kappa shape index (κ1) is 13.6. The third-order valence-corrected chi connectivity index (χ3v) is 4.77. The zero-order valence-electron chi connectivity index (χ0n) is 11.1. The molecule has 3 aromatic rings. The summed E-state index contributed by atoms with van der Waals surface area (Å²) < 4.78 is 0. The Kier molecular flexibility index (Phi) is 4.01. The van der Waals surface area contributed by atoms with Gasteiger partial charge in [-0.1, -0.05) is 36.7 Å². The molecule has 2 aromatic heterocycles. The molecule has 0 fully saturated rings. The van der Waals surface area contributed by atoms with Crippen LogP contribution in [-0.2, 0) is 0 Å². The summed E-state index contributed by atoms with van der Waals surface area (Å²) in [6, 6.07) is 10.4. The summed E-state index contributed by atoms with van der Waals surface area (Å²) in [7, 11) is 0. The number of aromatic nitrogens is 1. The van der Waals surface area contributed by atoms with Crippen molar-refractivity contribution in [3.63, 3.8) is 0 Å². The second-order valence-electron chi connectivity index (χ2n) is 4.57. The van der Waals surface area contributed by atoms with Crippen LogP contribution in [-0.4, -0.2) is 11.5 Å². The Hall–Kier alpha value is -1.42. The fraction of sp³-hybridized carbons (Fsp3) is 0.188. The van der Waals surface area contributed by atoms with Crippen LogP contribution < -0.4 is 5.32 Å². The SMILES string of the molecule is CCNC(c1sccc1Cl)c1cccc2ccncc12. The maximum Gasteiger partial charge on any atom is 0.0692 e. The van der Waals surface area contributed by atoms with Gasteiger partial charge in [0.1, 0.15) is 0 Å². The molecule has 0 bridgehead atoms. The van der Waals surface area contributed by atoms with Crippen molar-refractivity contribution in [1.29, 1.82) is 0 Å². The summed E-state index contributed by atoms with van der Waals surface area (Å²) in [5.41, 5.74) is 1.22. The minimum Gasteiger partial charge on any atom is -0.306 e. The maximum absolute atomic E-state index is 6.33. The van der Waals surface area contributed by atoms with E-state index >= 15 is 0 Å². The monoisotopic (exact) mass is 302 g/mol. The molecule has 1 atom stereocenters. The first-order valence-corrected chi connectivity index (χ1v) is 7.86. The summed E-state index contributed by atoms with van der Waals surface area (Å²) in [6.07, 6.45) is 3.75. The van der Waals surface area contributed by atoms with E-state index in [0.29, 0.717) is 0 Å². The summed E-state index contributed by atoms with van der Waals surface area (Å²) in [6.45, 7) is 2.99. The van der Waals surface area contributed by atoms with E-state index in [1.54, 1.807) is 11.3 Å². The number of nitrogens with one attached hydrogen (secondary N) is 1. The molecule has 0 saturated heterocycles. The molecule has 0 spiro atoms. The first-order valence-electron chi connectivity index (χ1n) is 6.60. The molecule has 0 saturated carbocycles. The lowest BCUT2D eigenvalue weighted by molar-refractivity contribution is 0.643. The number of rotatable bonds is 4. The number of nitrogens with zero attached hydrogens (tertiary/aromatic N) is 1. The van der Waals surface area contributed by atoms with Gasteiger partial charge in [0.25, 0.3) is 0 Å². The standard InChI is InChI=1S/C16H15ClN2S/c1-2-19-15(16-14(17)7-9-20-16)12-5-3-4-11-6-8-18-10-13(11)12/h3-10,15,19H,2H2,1H3. The molecule has 3 rings (SSSR count). The molecule has 0 aliphatic carbocycles. The average molecular weight is 303 g/mol. The number of hydrogen-bond acceptors (Lipinski definition) is 3. The van der Waals surface area contributed by atoms with Crippen LogP contribution in [0.4, 0.5) is 0 Å². The van der Waals surface area contributed by atoms with Crippen molar-refractivity contribution in [3.8, 4) is 0 Å². The van der Waals surface area contributed by atoms with E-state index in [4.69, 9.17) is 11.6 Å². The van der Waals surface area contributed by atoms with Crippen LogP contribution in [0.2, 0.25) is 5.02 Å². The molecule has 102 valence electrons. The van der Waals surface area contributed by atoms with Crippen LogP contribution in [0, 0.1) is 0 Å². The Morgan fingerprint density at radius 3 is 2.95 bits per heavy atom. The van der Waals surface area contributed by atoms with Crippen LogP contribution in [0.25, 0.3) is 10.8 Å². The van der Waals surface area contributed by atoms with Gasteiger partial charge in [-0.05, 0) is 35.0 Å². The molecular weight excluding hydrogens is 288 g/mol. The highest BCUT2D eigenvalue weighted by Gasteiger charge is 2.19. The number of hydrogen-bond donors (Lipinski definition) is 1. The fourth-order valence-electron chi connectivity index (χ4n) is 2.45. The summed E-state index contributed by atoms with van der Waals surface area (Å²) in [5.74, 6) is 0. The molecule has 0 aliphatic heterocycles. The summed E-state index contributed by atoms with van der Waals surface area (Å²) in [4.78, 5) is 5.42. The van der Waals surface area contributed by atoms with Gasteiger partial charge >= 0.3 is 0 Å². The third-order valence-electron chi connectivity index (χ3n) is 3.34. The minimum absolute atomic E-state index is 0.111. The predicted octanol–water partition coefficient (Wildman–Crippen LogP) is 4.65. The van der Waals surface area contributed by atoms with Crippen LogP contribution in [0.5, 0.6) is 0 Å². The quantitative estimate of drug-likeness (QED) is 0.759. The fourth-order valence-corrected chi connectivity index (χ4v) is 3.71. The lowest BCUT2D eigenvalue weighted by atomic mass is 9.99. The normalized spacial score (nSPS) is 12.7. The molecule has 0 amide bonds. The van der Waals surface area contributed by atoms with Crippen LogP contribution in [0.1, 0.15) is 23.4 Å². The van der Waals surface area contributed by atoms with Gasteiger partial charge in [0.15, 0.2) is 0 Å². The molecular formula is C16H15ClN2S. The Balaban J connectivity index is 2.17. The van der Waals surface area contributed by atoms with Crippen molar-refractivity contribution in [1.82, 2.24) is 10.3 Å². The van der Waals surface area contributed by atoms with E-state index in [9.17, 15) is 0 Å². The molecule has 4 heteroatoms. The van der Waals surface area contributed by atoms with Crippen molar-refractivity contribution >= 4 is 33.7 Å². The van der Waals surface area contributed by atoms with Crippen molar-refractivity contribution in [2.24, 2.45) is 0 Å². The summed E-state index contributed by atoms with van der Waals surface area (Å²) >= 11 is 8.01. The molecule has 0 radical (unpaired) electrons. The first-order chi connectivity index (χ1) is 9.81. The van der Waals surface area contributed by atoms with Crippen LogP contribution >= 0.6 is 22.9 Å². The van der Waals surface area contributed by atoms with Gasteiger partial charge in [-0.3, -0.25) is 4.98 Å². The Labute approximate surface area is 127 Å². The van der Waals surface area contributed by atoms with Crippen molar-refractivity contribution in [3.05, 3.63) is 63.6 Å². The van der Waals surface area contributed by atoms with Gasteiger partial charge in [0.2, 0.25) is 0 Å². The van der Waals surface area contributed by atoms with E-state index in [2.05, 4.69) is 35.4 Å². The highest BCUT2D eigenvalue weighted by Crippen LogP contribution is 2.35. The van der Waals surface area contributed by atoms with Crippen molar-refractivity contribution < 1.29 is 0 Å². The molecule has 0 aliphatic rings. The maximum atomic E-state index is 6.33. The average Bonchev–Trinajstić information content (AvgIpc) is 2.90. The summed E-state index contributed by atoms with van der Waals surface area (Å²) in [5, 5.41) is 8.76. The lowest BCUT2D eigenvalue weighted by Crippen LogP contribution is -2.21. The van der Waals surface area contributed by atoms with Crippen LogP contribution in [0.3, 0.4) is 0 Å². The van der Waals surface area contributed by atoms with E-state index in [1.807, 2.05) is 29.9 Å². The van der Waals surface area contributed by atoms with E-state index in [-0.39, 0.29) is 6.04 Å². The largest absolute Gasteiger partial charge is 0.306 e. The lowest BCUT2D eigenvalue weighted by Gasteiger charge is -2.19. The van der Waals surface area contributed by atoms with Gasteiger partial charge in [0.05, 0.1) is 11.1 Å². The third kappa shape index (κ3) is 2.44. The number of pyridine rings is 1. The second kappa shape index (κ2) is 5.92. The Bertz CT molecular complexity index is 718. The van der Waals surface area contributed by atoms with Gasteiger partial charge in [-0.15, -0.1) is 11.3 Å². The molecule has 1 N–H and O–H groups in total. The number of benzene rings is 1. The molecule has 1 aromatic carbocycles. The van der Waals surface area contributed by atoms with Gasteiger partial charge in [-0.25, -0.2) is 0 Å². The molecule has 1 unspecified atom stereocenters. The Morgan fingerprint density at radius 2 is 2.20 bits per heavy atom. The van der Waals surface area contributed by atoms with Gasteiger partial charge in [-0.2, -0.15) is 0 Å². The Morgan fingerprint density at radius 1 is 1.30 bits per heavy atom. The van der Waals surface area contributed by atoms with E-state index in [1.165, 1.54) is 16.3 Å². The molecule has 20 heavy (non-hydrogen) atoms. The zero-order chi connectivity index (χ0) is 13.9. The minimum atomic E-state index is 0.111. The van der Waals surface area contributed by atoms with Crippen molar-refractivity contribution in [2.45, 2.75) is 13.0 Å². The predicted molar refractivity (Wildman–Crippen MR) is 86.6 cm³/mol. The topological polar surface area (TPSA) is 24.9 Å². The second-order valence-corrected chi connectivity index (χ2v) is 5.92. The van der Waals surface area contributed by atoms with E-state index in [0.717, 1.165) is 16.4 Å². The van der Waals surface area contributed by atoms with Gasteiger partial charge < -0.3 is 5.32 Å². The molecule has 2 nitrogen and oxygen atoms in total. The highest BCUT2D eigenvalue weighted by atomic mass is 35.5. The number of fused-ring (bicyclic) bond motifs is 1. The zero-order valence-corrected chi connectivity index (χ0v) is 12.7. The smallest absolute Gasteiger partial charge is 0.0692 e.